The van der Waals surface area contributed by atoms with E-state index in [0.717, 1.165) is 48.4 Å². The Hall–Kier alpha value is -3.02. The lowest BCUT2D eigenvalue weighted by atomic mass is 10.0. The summed E-state index contributed by atoms with van der Waals surface area (Å²) in [7, 11) is 2.06. The summed E-state index contributed by atoms with van der Waals surface area (Å²) in [6.45, 7) is 5.50. The number of para-hydroxylation sites is 1. The van der Waals surface area contributed by atoms with Gasteiger partial charge in [0.1, 0.15) is 5.69 Å². The lowest BCUT2D eigenvalue weighted by molar-refractivity contribution is 0.0708. The molecule has 3 heterocycles. The van der Waals surface area contributed by atoms with Crippen LogP contribution in [0, 0.1) is 0 Å². The quantitative estimate of drug-likeness (QED) is 0.710. The largest absolute Gasteiger partial charge is 0.487 e. The Morgan fingerprint density at radius 3 is 2.69 bits per heavy atom. The summed E-state index contributed by atoms with van der Waals surface area (Å²) in [5.74, 6) is 1.74. The maximum absolute atomic E-state index is 12.9. The van der Waals surface area contributed by atoms with E-state index in [2.05, 4.69) is 21.9 Å². The van der Waals surface area contributed by atoms with Gasteiger partial charge >= 0.3 is 0 Å². The molecule has 0 unspecified atom stereocenters. The second-order valence-corrected chi connectivity index (χ2v) is 7.90. The Labute approximate surface area is 171 Å². The van der Waals surface area contributed by atoms with Crippen LogP contribution in [-0.4, -0.2) is 53.1 Å². The molecule has 3 aromatic rings. The molecule has 0 aliphatic carbocycles. The number of amides is 1. The van der Waals surface area contributed by atoms with Crippen molar-refractivity contribution in [2.75, 3.05) is 25.0 Å². The summed E-state index contributed by atoms with van der Waals surface area (Å²) in [6.07, 6.45) is 3.70. The summed E-state index contributed by atoms with van der Waals surface area (Å²) >= 11 is 0. The number of carbonyl (C=O) groups is 1. The second-order valence-electron chi connectivity index (χ2n) is 7.90. The first-order valence-corrected chi connectivity index (χ1v) is 10.2. The lowest BCUT2D eigenvalue weighted by Gasteiger charge is -2.37. The van der Waals surface area contributed by atoms with Crippen LogP contribution in [0.1, 0.15) is 37.2 Å². The number of piperidine rings is 1. The molecule has 6 heteroatoms. The van der Waals surface area contributed by atoms with E-state index >= 15 is 0 Å². The SMILES string of the molecule is CC(C)Oc1cccnc1N(C)C1CCN(C(=O)c2cc3ccccc3[nH]2)CC1. The van der Waals surface area contributed by atoms with Gasteiger partial charge in [-0.3, -0.25) is 4.79 Å². The van der Waals surface area contributed by atoms with Crippen LogP contribution in [0.25, 0.3) is 10.9 Å². The predicted molar refractivity (Wildman–Crippen MR) is 116 cm³/mol. The van der Waals surface area contributed by atoms with Crippen molar-refractivity contribution in [1.82, 2.24) is 14.9 Å². The molecule has 1 amide bonds. The van der Waals surface area contributed by atoms with E-state index in [1.54, 1.807) is 6.20 Å². The number of hydrogen-bond donors (Lipinski definition) is 1. The molecule has 4 rings (SSSR count). The smallest absolute Gasteiger partial charge is 0.270 e. The minimum Gasteiger partial charge on any atom is -0.487 e. The predicted octanol–water partition coefficient (Wildman–Crippen LogP) is 4.09. The fourth-order valence-electron chi connectivity index (χ4n) is 3.98. The highest BCUT2D eigenvalue weighted by atomic mass is 16.5. The highest BCUT2D eigenvalue weighted by molar-refractivity contribution is 5.98. The van der Waals surface area contributed by atoms with E-state index in [1.165, 1.54) is 0 Å². The van der Waals surface area contributed by atoms with Crippen LogP contribution in [0.5, 0.6) is 5.75 Å². The third-order valence-electron chi connectivity index (χ3n) is 5.51. The number of aromatic nitrogens is 2. The zero-order valence-corrected chi connectivity index (χ0v) is 17.3. The highest BCUT2D eigenvalue weighted by Gasteiger charge is 2.28. The highest BCUT2D eigenvalue weighted by Crippen LogP contribution is 2.30. The first kappa shape index (κ1) is 19.3. The van der Waals surface area contributed by atoms with E-state index in [9.17, 15) is 4.79 Å². The van der Waals surface area contributed by atoms with Gasteiger partial charge in [0.05, 0.1) is 6.10 Å². The van der Waals surface area contributed by atoms with Crippen molar-refractivity contribution in [3.05, 3.63) is 54.4 Å². The topological polar surface area (TPSA) is 61.5 Å². The second kappa shape index (κ2) is 8.15. The molecule has 1 aliphatic rings. The molecule has 1 fully saturated rings. The van der Waals surface area contributed by atoms with Crippen LogP contribution in [-0.2, 0) is 0 Å². The number of likely N-dealkylation sites (tertiary alicyclic amines) is 1. The first-order chi connectivity index (χ1) is 14.0. The van der Waals surface area contributed by atoms with Gasteiger partial charge < -0.3 is 19.5 Å². The maximum Gasteiger partial charge on any atom is 0.270 e. The summed E-state index contributed by atoms with van der Waals surface area (Å²) in [4.78, 5) is 24.9. The van der Waals surface area contributed by atoms with Gasteiger partial charge in [-0.25, -0.2) is 4.98 Å². The van der Waals surface area contributed by atoms with Crippen LogP contribution in [0.3, 0.4) is 0 Å². The molecular weight excluding hydrogens is 364 g/mol. The van der Waals surface area contributed by atoms with Gasteiger partial charge in [0.15, 0.2) is 11.6 Å². The average molecular weight is 393 g/mol. The normalized spacial score (nSPS) is 15.1. The summed E-state index contributed by atoms with van der Waals surface area (Å²) in [6, 6.07) is 14.1. The van der Waals surface area contributed by atoms with E-state index in [4.69, 9.17) is 4.74 Å². The van der Waals surface area contributed by atoms with Crippen molar-refractivity contribution < 1.29 is 9.53 Å². The fraction of sp³-hybridized carbons (Fsp3) is 0.391. The molecule has 1 N–H and O–H groups in total. The number of H-pyrrole nitrogens is 1. The first-order valence-electron chi connectivity index (χ1n) is 10.2. The number of pyridine rings is 1. The van der Waals surface area contributed by atoms with Crippen LogP contribution >= 0.6 is 0 Å². The van der Waals surface area contributed by atoms with E-state index < -0.39 is 0 Å². The number of nitrogens with zero attached hydrogens (tertiary/aromatic N) is 3. The van der Waals surface area contributed by atoms with E-state index in [0.29, 0.717) is 11.7 Å². The van der Waals surface area contributed by atoms with E-state index in [-0.39, 0.29) is 12.0 Å². The lowest BCUT2D eigenvalue weighted by Crippen LogP contribution is -2.46. The zero-order valence-electron chi connectivity index (χ0n) is 17.3. The fourth-order valence-corrected chi connectivity index (χ4v) is 3.98. The van der Waals surface area contributed by atoms with Gasteiger partial charge in [-0.1, -0.05) is 18.2 Å². The van der Waals surface area contributed by atoms with Crippen molar-refractivity contribution >= 4 is 22.6 Å². The molecule has 0 saturated carbocycles. The van der Waals surface area contributed by atoms with Gasteiger partial charge in [-0.05, 0) is 51.0 Å². The zero-order chi connectivity index (χ0) is 20.4. The van der Waals surface area contributed by atoms with Crippen LogP contribution in [0.15, 0.2) is 48.7 Å². The number of carbonyl (C=O) groups excluding carboxylic acids is 1. The molecule has 1 aromatic carbocycles. The number of nitrogens with one attached hydrogen (secondary N) is 1. The summed E-state index contributed by atoms with van der Waals surface area (Å²) in [5.41, 5.74) is 1.66. The van der Waals surface area contributed by atoms with Crippen molar-refractivity contribution in [1.29, 1.82) is 0 Å². The Morgan fingerprint density at radius 1 is 1.21 bits per heavy atom. The number of hydrogen-bond acceptors (Lipinski definition) is 4. The van der Waals surface area contributed by atoms with Crippen LogP contribution in [0.4, 0.5) is 5.82 Å². The van der Waals surface area contributed by atoms with Gasteiger partial charge in [0.2, 0.25) is 0 Å². The molecule has 29 heavy (non-hydrogen) atoms. The van der Waals surface area contributed by atoms with Gasteiger partial charge in [-0.2, -0.15) is 0 Å². The Balaban J connectivity index is 1.42. The minimum absolute atomic E-state index is 0.0731. The average Bonchev–Trinajstić information content (AvgIpc) is 3.17. The van der Waals surface area contributed by atoms with Gasteiger partial charge in [0.25, 0.3) is 5.91 Å². The Morgan fingerprint density at radius 2 is 1.97 bits per heavy atom. The molecule has 0 atom stereocenters. The maximum atomic E-state index is 12.9. The summed E-state index contributed by atoms with van der Waals surface area (Å²) < 4.78 is 5.93. The van der Waals surface area contributed by atoms with E-state index in [1.807, 2.05) is 61.2 Å². The number of fused-ring (bicyclic) bond motifs is 1. The third-order valence-corrected chi connectivity index (χ3v) is 5.51. The van der Waals surface area contributed by atoms with Crippen LogP contribution < -0.4 is 9.64 Å². The molecule has 0 radical (unpaired) electrons. The summed E-state index contributed by atoms with van der Waals surface area (Å²) in [5, 5.41) is 1.07. The Kier molecular flexibility index (Phi) is 5.43. The standard InChI is InChI=1S/C23H28N4O2/c1-16(2)29-21-9-6-12-24-22(21)26(3)18-10-13-27(14-11-18)23(28)20-15-17-7-4-5-8-19(17)25-20/h4-9,12,15-16,18,25H,10-11,13-14H2,1-3H3. The van der Waals surface area contributed by atoms with Crippen LogP contribution in [0.2, 0.25) is 0 Å². The van der Waals surface area contributed by atoms with Crippen molar-refractivity contribution in [2.24, 2.45) is 0 Å². The molecule has 0 bridgehead atoms. The third kappa shape index (κ3) is 4.06. The van der Waals surface area contributed by atoms with Crippen molar-refractivity contribution in [2.45, 2.75) is 38.8 Å². The molecule has 0 spiro atoms. The Bertz CT molecular complexity index is 956. The van der Waals surface area contributed by atoms with Gasteiger partial charge in [0, 0.05) is 43.3 Å². The number of ether oxygens (including phenoxy) is 1. The number of rotatable bonds is 5. The molecule has 1 saturated heterocycles. The monoisotopic (exact) mass is 392 g/mol. The number of benzene rings is 1. The molecule has 2 aromatic heterocycles. The molecular formula is C23H28N4O2. The molecule has 6 nitrogen and oxygen atoms in total. The van der Waals surface area contributed by atoms with Crippen molar-refractivity contribution in [3.8, 4) is 5.75 Å². The minimum atomic E-state index is 0.0731. The molecule has 1 aliphatic heterocycles. The number of anilines is 1. The van der Waals surface area contributed by atoms with Gasteiger partial charge in [-0.15, -0.1) is 0 Å². The number of aromatic amines is 1. The molecule has 152 valence electrons. The van der Waals surface area contributed by atoms with Crippen molar-refractivity contribution in [3.63, 3.8) is 0 Å².